The quantitative estimate of drug-likeness (QED) is 0.882. The van der Waals surface area contributed by atoms with Gasteiger partial charge in [-0.1, -0.05) is 6.07 Å². The summed E-state index contributed by atoms with van der Waals surface area (Å²) in [6.07, 6.45) is 1.82. The van der Waals surface area contributed by atoms with Crippen molar-refractivity contribution in [2.45, 2.75) is 20.4 Å². The van der Waals surface area contributed by atoms with Gasteiger partial charge in [-0.3, -0.25) is 0 Å². The van der Waals surface area contributed by atoms with Crippen LogP contribution in [0.1, 0.15) is 15.4 Å². The fraction of sp³-hybridized carbons (Fsp3) is 0.250. The fourth-order valence-electron chi connectivity index (χ4n) is 1.43. The Morgan fingerprint density at radius 1 is 1.38 bits per heavy atom. The van der Waals surface area contributed by atoms with Crippen molar-refractivity contribution in [1.29, 1.82) is 0 Å². The molecule has 0 aliphatic rings. The minimum Gasteiger partial charge on any atom is -0.378 e. The third-order valence-electron chi connectivity index (χ3n) is 2.25. The number of rotatable bonds is 3. The number of halogens is 1. The van der Waals surface area contributed by atoms with Gasteiger partial charge in [0.1, 0.15) is 5.82 Å². The van der Waals surface area contributed by atoms with Gasteiger partial charge in [0.15, 0.2) is 0 Å². The number of aromatic nitrogens is 1. The number of nitrogens with zero attached hydrogens (tertiary/aromatic N) is 1. The Balaban J connectivity index is 2.04. The van der Waals surface area contributed by atoms with Crippen molar-refractivity contribution in [3.8, 4) is 0 Å². The minimum absolute atomic E-state index is 0.207. The van der Waals surface area contributed by atoms with E-state index in [1.165, 1.54) is 6.07 Å². The van der Waals surface area contributed by atoms with Gasteiger partial charge in [-0.15, -0.1) is 11.3 Å². The lowest BCUT2D eigenvalue weighted by atomic mass is 10.2. The summed E-state index contributed by atoms with van der Waals surface area (Å²) in [5, 5.41) is 4.09. The third-order valence-corrected chi connectivity index (χ3v) is 3.16. The van der Waals surface area contributed by atoms with Gasteiger partial charge in [0.25, 0.3) is 0 Å². The van der Waals surface area contributed by atoms with Crippen molar-refractivity contribution in [3.05, 3.63) is 45.7 Å². The van der Waals surface area contributed by atoms with E-state index in [9.17, 15) is 4.39 Å². The van der Waals surface area contributed by atoms with Crippen LogP contribution in [0.3, 0.4) is 0 Å². The van der Waals surface area contributed by atoms with Crippen molar-refractivity contribution in [2.75, 3.05) is 5.32 Å². The van der Waals surface area contributed by atoms with Crippen LogP contribution >= 0.6 is 11.3 Å². The Morgan fingerprint density at radius 2 is 2.19 bits per heavy atom. The molecule has 0 atom stereocenters. The normalized spacial score (nSPS) is 10.4. The van der Waals surface area contributed by atoms with Crippen LogP contribution in [-0.2, 0) is 6.54 Å². The van der Waals surface area contributed by atoms with Gasteiger partial charge in [-0.05, 0) is 31.5 Å². The molecule has 16 heavy (non-hydrogen) atoms. The van der Waals surface area contributed by atoms with Gasteiger partial charge in [-0.2, -0.15) is 0 Å². The molecule has 0 amide bonds. The van der Waals surface area contributed by atoms with E-state index in [4.69, 9.17) is 0 Å². The molecule has 1 heterocycles. The minimum atomic E-state index is -0.207. The number of aryl methyl sites for hydroxylation is 2. The lowest BCUT2D eigenvalue weighted by molar-refractivity contribution is 0.629. The highest BCUT2D eigenvalue weighted by Gasteiger charge is 2.03. The van der Waals surface area contributed by atoms with E-state index in [0.717, 1.165) is 15.4 Å². The highest BCUT2D eigenvalue weighted by Crippen LogP contribution is 2.18. The Labute approximate surface area is 98.2 Å². The summed E-state index contributed by atoms with van der Waals surface area (Å²) in [5.41, 5.74) is 1.47. The molecule has 2 nitrogen and oxygen atoms in total. The number of anilines is 1. The summed E-state index contributed by atoms with van der Waals surface area (Å²) in [5.74, 6) is -0.207. The number of benzene rings is 1. The van der Waals surface area contributed by atoms with Gasteiger partial charge in [0.05, 0.1) is 17.2 Å². The molecule has 2 rings (SSSR count). The number of nitrogens with one attached hydrogen (secondary N) is 1. The molecule has 4 heteroatoms. The summed E-state index contributed by atoms with van der Waals surface area (Å²) < 4.78 is 13.5. The smallest absolute Gasteiger partial charge is 0.146 e. The Hall–Kier alpha value is -1.42. The molecule has 0 spiro atoms. The second-order valence-electron chi connectivity index (χ2n) is 3.68. The van der Waals surface area contributed by atoms with E-state index in [0.29, 0.717) is 12.2 Å². The zero-order valence-corrected chi connectivity index (χ0v) is 10.1. The molecular formula is C12H13FN2S. The largest absolute Gasteiger partial charge is 0.378 e. The van der Waals surface area contributed by atoms with Crippen LogP contribution in [0.4, 0.5) is 10.1 Å². The summed E-state index contributed by atoms with van der Waals surface area (Å²) in [4.78, 5) is 5.26. The Kier molecular flexibility index (Phi) is 3.19. The molecule has 0 saturated heterocycles. The van der Waals surface area contributed by atoms with E-state index in [-0.39, 0.29) is 5.82 Å². The van der Waals surface area contributed by atoms with E-state index >= 15 is 0 Å². The molecule has 0 unspecified atom stereocenters. The first-order valence-corrected chi connectivity index (χ1v) is 5.88. The van der Waals surface area contributed by atoms with Gasteiger partial charge in [0, 0.05) is 11.1 Å². The zero-order valence-electron chi connectivity index (χ0n) is 9.25. The molecule has 0 radical (unpaired) electrons. The van der Waals surface area contributed by atoms with Crippen LogP contribution < -0.4 is 5.32 Å². The van der Waals surface area contributed by atoms with Crippen LogP contribution in [-0.4, -0.2) is 4.98 Å². The summed E-state index contributed by atoms with van der Waals surface area (Å²) in [7, 11) is 0. The predicted molar refractivity (Wildman–Crippen MR) is 65.3 cm³/mol. The van der Waals surface area contributed by atoms with Gasteiger partial charge < -0.3 is 5.32 Å². The molecule has 0 fully saturated rings. The molecule has 0 bridgehead atoms. The maximum Gasteiger partial charge on any atom is 0.146 e. The topological polar surface area (TPSA) is 24.9 Å². The van der Waals surface area contributed by atoms with Crippen molar-refractivity contribution in [1.82, 2.24) is 4.98 Å². The maximum atomic E-state index is 13.5. The molecule has 0 aliphatic carbocycles. The van der Waals surface area contributed by atoms with Gasteiger partial charge >= 0.3 is 0 Å². The molecule has 1 aromatic heterocycles. The van der Waals surface area contributed by atoms with Crippen LogP contribution in [0.5, 0.6) is 0 Å². The highest BCUT2D eigenvalue weighted by molar-refractivity contribution is 7.11. The maximum absolute atomic E-state index is 13.5. The van der Waals surface area contributed by atoms with Crippen LogP contribution in [0.15, 0.2) is 24.4 Å². The SMILES string of the molecule is Cc1ccc(NCc2cnc(C)s2)c(F)c1. The molecule has 1 aromatic carbocycles. The number of hydrogen-bond acceptors (Lipinski definition) is 3. The second kappa shape index (κ2) is 4.61. The third kappa shape index (κ3) is 2.58. The number of thiazole rings is 1. The summed E-state index contributed by atoms with van der Waals surface area (Å²) in [6.45, 7) is 4.45. The summed E-state index contributed by atoms with van der Waals surface area (Å²) in [6, 6.07) is 5.18. The molecule has 0 saturated carbocycles. The molecule has 2 aromatic rings. The highest BCUT2D eigenvalue weighted by atomic mass is 32.1. The fourth-order valence-corrected chi connectivity index (χ4v) is 2.17. The van der Waals surface area contributed by atoms with E-state index in [1.807, 2.05) is 26.1 Å². The first-order valence-electron chi connectivity index (χ1n) is 5.06. The van der Waals surface area contributed by atoms with Crippen LogP contribution in [0.25, 0.3) is 0 Å². The van der Waals surface area contributed by atoms with Crippen molar-refractivity contribution in [2.24, 2.45) is 0 Å². The lowest BCUT2D eigenvalue weighted by Gasteiger charge is -2.06. The second-order valence-corrected chi connectivity index (χ2v) is 5.00. The Bertz CT molecular complexity index is 494. The molecule has 84 valence electrons. The van der Waals surface area contributed by atoms with E-state index in [2.05, 4.69) is 10.3 Å². The van der Waals surface area contributed by atoms with Crippen molar-refractivity contribution >= 4 is 17.0 Å². The van der Waals surface area contributed by atoms with Crippen molar-refractivity contribution < 1.29 is 4.39 Å². The average molecular weight is 236 g/mol. The predicted octanol–water partition coefficient (Wildman–Crippen LogP) is 3.51. The average Bonchev–Trinajstić information content (AvgIpc) is 2.63. The zero-order chi connectivity index (χ0) is 11.5. The first-order chi connectivity index (χ1) is 7.65. The monoisotopic (exact) mass is 236 g/mol. The molecular weight excluding hydrogens is 223 g/mol. The molecule has 1 N–H and O–H groups in total. The first kappa shape index (κ1) is 11.1. The van der Waals surface area contributed by atoms with E-state index in [1.54, 1.807) is 17.4 Å². The molecule has 0 aliphatic heterocycles. The van der Waals surface area contributed by atoms with Crippen LogP contribution in [0, 0.1) is 19.7 Å². The number of hydrogen-bond donors (Lipinski definition) is 1. The van der Waals surface area contributed by atoms with Crippen LogP contribution in [0.2, 0.25) is 0 Å². The standard InChI is InChI=1S/C12H13FN2S/c1-8-3-4-12(11(13)5-8)15-7-10-6-14-9(2)16-10/h3-6,15H,7H2,1-2H3. The van der Waals surface area contributed by atoms with E-state index < -0.39 is 0 Å². The lowest BCUT2D eigenvalue weighted by Crippen LogP contribution is -1.99. The van der Waals surface area contributed by atoms with Gasteiger partial charge in [0.2, 0.25) is 0 Å². The summed E-state index contributed by atoms with van der Waals surface area (Å²) >= 11 is 1.62. The van der Waals surface area contributed by atoms with Gasteiger partial charge in [-0.25, -0.2) is 9.37 Å². The van der Waals surface area contributed by atoms with Crippen molar-refractivity contribution in [3.63, 3.8) is 0 Å². The Morgan fingerprint density at radius 3 is 2.81 bits per heavy atom.